The van der Waals surface area contributed by atoms with Gasteiger partial charge in [0.1, 0.15) is 5.58 Å². The van der Waals surface area contributed by atoms with Gasteiger partial charge in [-0.25, -0.2) is 0 Å². The highest BCUT2D eigenvalue weighted by molar-refractivity contribution is 6.26. The van der Waals surface area contributed by atoms with Gasteiger partial charge in [0.05, 0.1) is 22.3 Å². The first-order valence-corrected chi connectivity index (χ1v) is 20.1. The minimum atomic E-state index is -0.723. The van der Waals surface area contributed by atoms with Gasteiger partial charge in [-0.2, -0.15) is 0 Å². The summed E-state index contributed by atoms with van der Waals surface area (Å²) in [6.45, 7) is 2.18. The average Bonchev–Trinajstić information content (AvgIpc) is 3.95. The number of rotatable bonds is 5. The number of benzene rings is 7. The molecule has 10 aromatic rings. The maximum absolute atomic E-state index is 6.94. The second kappa shape index (κ2) is 12.6. The molecule has 1 aliphatic carbocycles. The zero-order valence-electron chi connectivity index (χ0n) is 32.0. The zero-order valence-corrected chi connectivity index (χ0v) is 32.0. The fraction of sp³-hybridized carbons (Fsp3) is 0.0755. The second-order valence-corrected chi connectivity index (χ2v) is 15.6. The van der Waals surface area contributed by atoms with Gasteiger partial charge < -0.3 is 18.9 Å². The van der Waals surface area contributed by atoms with E-state index < -0.39 is 5.66 Å². The number of aromatic nitrogens is 2. The van der Waals surface area contributed by atoms with Crippen LogP contribution >= 0.6 is 0 Å². The molecule has 0 fully saturated rings. The summed E-state index contributed by atoms with van der Waals surface area (Å²) in [6, 6.07) is 58.4. The minimum Gasteiger partial charge on any atom is -0.454 e. The molecule has 3 aromatic heterocycles. The van der Waals surface area contributed by atoms with Crippen LogP contribution in [0.15, 0.2) is 185 Å². The highest BCUT2D eigenvalue weighted by Gasteiger charge is 2.33. The molecule has 0 saturated heterocycles. The fourth-order valence-electron chi connectivity index (χ4n) is 9.56. The van der Waals surface area contributed by atoms with Crippen molar-refractivity contribution in [3.05, 3.63) is 204 Å². The summed E-state index contributed by atoms with van der Waals surface area (Å²) in [5, 5.41) is 9.72. The third kappa shape index (κ3) is 4.86. The van der Waals surface area contributed by atoms with Gasteiger partial charge in [0.15, 0.2) is 11.2 Å². The van der Waals surface area contributed by atoms with Gasteiger partial charge in [-0.1, -0.05) is 121 Å². The van der Waals surface area contributed by atoms with Crippen molar-refractivity contribution in [3.63, 3.8) is 0 Å². The van der Waals surface area contributed by atoms with Crippen molar-refractivity contribution in [2.75, 3.05) is 0 Å². The van der Waals surface area contributed by atoms with Crippen LogP contribution in [0, 0.1) is 0 Å². The molecule has 58 heavy (non-hydrogen) atoms. The lowest BCUT2D eigenvalue weighted by molar-refractivity contribution is 0.448. The lowest BCUT2D eigenvalue weighted by Gasteiger charge is -2.34. The fourth-order valence-corrected chi connectivity index (χ4v) is 9.56. The summed E-state index contributed by atoms with van der Waals surface area (Å²) in [5.74, 6) is 0. The van der Waals surface area contributed by atoms with Crippen LogP contribution in [-0.2, 0) is 12.1 Å². The van der Waals surface area contributed by atoms with Crippen molar-refractivity contribution in [1.82, 2.24) is 14.5 Å². The topological polar surface area (TPSA) is 47.4 Å². The van der Waals surface area contributed by atoms with E-state index in [0.29, 0.717) is 0 Å². The summed E-state index contributed by atoms with van der Waals surface area (Å²) >= 11 is 0. The van der Waals surface area contributed by atoms with Gasteiger partial charge >= 0.3 is 0 Å². The Morgan fingerprint density at radius 1 is 0.638 bits per heavy atom. The standard InChI is InChI=1S/C53H38N4O/c1-53(35-19-7-3-8-20-35)54-44(34-17-5-2-6-18-34)33-45(55-53)43-32-42-39-24-13-16-28-49(39)58-52(42)51-50(43)40-25-12-15-27-47(40)57(51)37-29-30-48-41(31-37)38-23-11-14-26-46(38)56(48)36-21-9-4-10-22-36/h2-10,12-22,24-33,55H,11,23H2,1H3. The molecule has 2 aliphatic rings. The van der Waals surface area contributed by atoms with Crippen LogP contribution in [0.25, 0.3) is 77.8 Å². The Bertz CT molecular complexity index is 3360. The van der Waals surface area contributed by atoms with Gasteiger partial charge in [-0.15, -0.1) is 0 Å². The van der Waals surface area contributed by atoms with E-state index in [9.17, 15) is 0 Å². The highest BCUT2D eigenvalue weighted by Crippen LogP contribution is 2.46. The monoisotopic (exact) mass is 746 g/mol. The van der Waals surface area contributed by atoms with Gasteiger partial charge in [0.25, 0.3) is 0 Å². The van der Waals surface area contributed by atoms with Crippen molar-refractivity contribution in [3.8, 4) is 11.4 Å². The molecule has 5 heteroatoms. The Kier molecular flexibility index (Phi) is 7.12. The number of para-hydroxylation sites is 3. The van der Waals surface area contributed by atoms with E-state index >= 15 is 0 Å². The number of hydrogen-bond donors (Lipinski definition) is 1. The predicted molar refractivity (Wildman–Crippen MR) is 240 cm³/mol. The van der Waals surface area contributed by atoms with Crippen molar-refractivity contribution < 1.29 is 4.42 Å². The minimum absolute atomic E-state index is 0.723. The van der Waals surface area contributed by atoms with Crippen LogP contribution in [0.5, 0.6) is 0 Å². The molecule has 0 bridgehead atoms. The smallest absolute Gasteiger partial charge is 0.160 e. The molecule has 7 aromatic carbocycles. The molecule has 1 atom stereocenters. The SMILES string of the molecule is CC1(c2ccccc2)N=C(c2ccccc2)C=C(c2cc3c4ccccc4oc3c3c2c2ccccc2n3-c2ccc3c(c2)c2c(n3-c3ccccc3)C=CCC2)N1. The van der Waals surface area contributed by atoms with Gasteiger partial charge in [0, 0.05) is 55.3 Å². The first-order valence-electron chi connectivity index (χ1n) is 20.1. The third-order valence-electron chi connectivity index (χ3n) is 12.2. The lowest BCUT2D eigenvalue weighted by atomic mass is 9.93. The number of allylic oxidation sites excluding steroid dienone is 2. The van der Waals surface area contributed by atoms with E-state index in [1.165, 1.54) is 27.8 Å². The quantitative estimate of drug-likeness (QED) is 0.191. The Balaban J connectivity index is 1.18. The van der Waals surface area contributed by atoms with Gasteiger partial charge in [0.2, 0.25) is 0 Å². The van der Waals surface area contributed by atoms with Gasteiger partial charge in [-0.05, 0) is 97.1 Å². The molecule has 5 nitrogen and oxygen atoms in total. The second-order valence-electron chi connectivity index (χ2n) is 15.6. The first-order chi connectivity index (χ1) is 28.6. The molecule has 1 aliphatic heterocycles. The molecule has 0 radical (unpaired) electrons. The normalized spacial score (nSPS) is 16.6. The molecule has 0 saturated carbocycles. The van der Waals surface area contributed by atoms with Crippen LogP contribution in [0.3, 0.4) is 0 Å². The predicted octanol–water partition coefficient (Wildman–Crippen LogP) is 12.9. The number of furan rings is 1. The lowest BCUT2D eigenvalue weighted by Crippen LogP contribution is -2.40. The third-order valence-corrected chi connectivity index (χ3v) is 12.2. The van der Waals surface area contributed by atoms with Crippen molar-refractivity contribution in [1.29, 1.82) is 0 Å². The summed E-state index contributed by atoms with van der Waals surface area (Å²) in [5.41, 5.74) is 14.6. The van der Waals surface area contributed by atoms with Crippen molar-refractivity contribution in [2.24, 2.45) is 4.99 Å². The number of nitrogens with zero attached hydrogens (tertiary/aromatic N) is 3. The van der Waals surface area contributed by atoms with Crippen molar-refractivity contribution >= 4 is 72.1 Å². The molecule has 1 N–H and O–H groups in total. The van der Waals surface area contributed by atoms with E-state index in [0.717, 1.165) is 90.4 Å². The Labute approximate surface area is 335 Å². The number of aliphatic imine (C=N–C) groups is 1. The molecule has 0 amide bonds. The number of hydrogen-bond acceptors (Lipinski definition) is 3. The van der Waals surface area contributed by atoms with E-state index in [1.54, 1.807) is 0 Å². The molecule has 276 valence electrons. The van der Waals surface area contributed by atoms with E-state index in [2.05, 4.69) is 203 Å². The highest BCUT2D eigenvalue weighted by atomic mass is 16.3. The summed E-state index contributed by atoms with van der Waals surface area (Å²) in [6.07, 6.45) is 8.87. The zero-order chi connectivity index (χ0) is 38.4. The molecule has 12 rings (SSSR count). The maximum atomic E-state index is 6.94. The summed E-state index contributed by atoms with van der Waals surface area (Å²) in [7, 11) is 0. The molecule has 0 spiro atoms. The molecular formula is C53H38N4O. The van der Waals surface area contributed by atoms with Crippen LogP contribution in [0.2, 0.25) is 0 Å². The Hall–Kier alpha value is -7.37. The summed E-state index contributed by atoms with van der Waals surface area (Å²) in [4.78, 5) is 5.41. The van der Waals surface area contributed by atoms with Crippen LogP contribution in [0.4, 0.5) is 0 Å². The number of nitrogens with one attached hydrogen (secondary N) is 1. The van der Waals surface area contributed by atoms with E-state index in [1.807, 2.05) is 0 Å². The first kappa shape index (κ1) is 32.8. The Morgan fingerprint density at radius 2 is 1.34 bits per heavy atom. The van der Waals surface area contributed by atoms with Crippen LogP contribution in [-0.4, -0.2) is 14.8 Å². The largest absolute Gasteiger partial charge is 0.454 e. The van der Waals surface area contributed by atoms with Crippen molar-refractivity contribution in [2.45, 2.75) is 25.4 Å². The Morgan fingerprint density at radius 3 is 2.17 bits per heavy atom. The van der Waals surface area contributed by atoms with Crippen LogP contribution in [0.1, 0.15) is 41.3 Å². The molecular weight excluding hydrogens is 709 g/mol. The maximum Gasteiger partial charge on any atom is 0.160 e. The number of aryl methyl sites for hydroxylation is 1. The van der Waals surface area contributed by atoms with Crippen LogP contribution < -0.4 is 5.32 Å². The molecule has 4 heterocycles. The number of fused-ring (bicyclic) bond motifs is 10. The molecule has 1 unspecified atom stereocenters. The summed E-state index contributed by atoms with van der Waals surface area (Å²) < 4.78 is 11.8. The average molecular weight is 747 g/mol. The van der Waals surface area contributed by atoms with Gasteiger partial charge in [-0.3, -0.25) is 4.99 Å². The van der Waals surface area contributed by atoms with E-state index in [-0.39, 0.29) is 0 Å². The van der Waals surface area contributed by atoms with E-state index in [4.69, 9.17) is 9.41 Å².